The van der Waals surface area contributed by atoms with Gasteiger partial charge in [-0.15, -0.1) is 0 Å². The molecule has 0 spiro atoms. The summed E-state index contributed by atoms with van der Waals surface area (Å²) in [6, 6.07) is 0. The van der Waals surface area contributed by atoms with Crippen molar-refractivity contribution in [1.82, 2.24) is 0 Å². The summed E-state index contributed by atoms with van der Waals surface area (Å²) in [7, 11) is -7.29. The van der Waals surface area contributed by atoms with E-state index < -0.39 is 20.2 Å². The lowest BCUT2D eigenvalue weighted by Crippen LogP contribution is -2.07. The highest BCUT2D eigenvalue weighted by atomic mass is 32.3. The second-order valence-corrected chi connectivity index (χ2v) is 5.19. The Morgan fingerprint density at radius 3 is 2.10 bits per heavy atom. The summed E-state index contributed by atoms with van der Waals surface area (Å²) in [5.41, 5.74) is 0. The first-order valence-corrected chi connectivity index (χ1v) is 5.20. The van der Waals surface area contributed by atoms with E-state index in [2.05, 4.69) is 3.63 Å². The highest BCUT2D eigenvalue weighted by Crippen LogP contribution is 2.06. The van der Waals surface area contributed by atoms with Gasteiger partial charge in [0.2, 0.25) is 20.2 Å². The summed E-state index contributed by atoms with van der Waals surface area (Å²) in [5, 5.41) is 0.745. The fourth-order valence-corrected chi connectivity index (χ4v) is 3.39. The first kappa shape index (κ1) is 8.02. The summed E-state index contributed by atoms with van der Waals surface area (Å²) in [4.78, 5) is -0.111. The quantitative estimate of drug-likeness (QED) is 0.491. The minimum Gasteiger partial charge on any atom is -0.293 e. The van der Waals surface area contributed by atoms with E-state index in [1.807, 2.05) is 0 Å². The zero-order valence-electron chi connectivity index (χ0n) is 5.01. The highest BCUT2D eigenvalue weighted by molar-refractivity contribution is 8.11. The molecule has 0 bridgehead atoms. The summed E-state index contributed by atoms with van der Waals surface area (Å²) >= 11 is 0. The van der Waals surface area contributed by atoms with Crippen molar-refractivity contribution in [2.45, 2.75) is 6.92 Å². The van der Waals surface area contributed by atoms with Gasteiger partial charge in [0.25, 0.3) is 0 Å². The molecule has 0 amide bonds. The molecule has 0 saturated carbocycles. The van der Waals surface area contributed by atoms with E-state index in [9.17, 15) is 8.42 Å². The van der Waals surface area contributed by atoms with Crippen molar-refractivity contribution in [3.63, 3.8) is 0 Å². The van der Waals surface area contributed by atoms with Gasteiger partial charge in [0.05, 0.1) is 10.2 Å². The molecule has 2 unspecified atom stereocenters. The molecule has 0 fully saturated rings. The molecule has 0 aromatic rings. The predicted molar refractivity (Wildman–Crippen MR) is 39.4 cm³/mol. The van der Waals surface area contributed by atoms with Crippen LogP contribution in [-0.2, 0) is 23.8 Å². The average molecular weight is 186 g/mol. The zero-order valence-corrected chi connectivity index (χ0v) is 6.65. The van der Waals surface area contributed by atoms with Gasteiger partial charge in [0.15, 0.2) is 0 Å². The number of hydrogen-bond donors (Lipinski definition) is 2. The third-order valence-electron chi connectivity index (χ3n) is 0.911. The minimum atomic E-state index is -3.65. The lowest BCUT2D eigenvalue weighted by atomic mass is 10.6. The maximum absolute atomic E-state index is 10.7. The van der Waals surface area contributed by atoms with Crippen molar-refractivity contribution in [3.8, 4) is 0 Å². The Morgan fingerprint density at radius 2 is 2.00 bits per heavy atom. The summed E-state index contributed by atoms with van der Waals surface area (Å²) in [5.74, 6) is 0. The van der Waals surface area contributed by atoms with Gasteiger partial charge in [-0.1, -0.05) is 0 Å². The molecule has 0 aliphatic carbocycles. The summed E-state index contributed by atoms with van der Waals surface area (Å²) in [6.07, 6.45) is 0. The molecule has 7 heteroatoms. The van der Waals surface area contributed by atoms with E-state index in [0.29, 0.717) is 0 Å². The van der Waals surface area contributed by atoms with Gasteiger partial charge in [-0.25, -0.2) is 8.42 Å². The first-order valence-electron chi connectivity index (χ1n) is 2.26. The third-order valence-corrected chi connectivity index (χ3v) is 4.16. The van der Waals surface area contributed by atoms with Crippen LogP contribution in [0.3, 0.4) is 0 Å². The Kier molecular flexibility index (Phi) is 1.57. The molecule has 0 saturated heterocycles. The van der Waals surface area contributed by atoms with E-state index in [-0.39, 0.29) is 4.86 Å². The van der Waals surface area contributed by atoms with Crippen LogP contribution in [-0.4, -0.2) is 27.8 Å². The second-order valence-electron chi connectivity index (χ2n) is 1.79. The normalized spacial score (nSPS) is 47.3. The van der Waals surface area contributed by atoms with E-state index >= 15 is 0 Å². The predicted octanol–water partition coefficient (Wildman–Crippen LogP) is -0.644. The summed E-state index contributed by atoms with van der Waals surface area (Å²) in [6.45, 7) is 1.26. The molecule has 1 aliphatic rings. The van der Waals surface area contributed by atoms with Crippen LogP contribution in [0, 0.1) is 0 Å². The third kappa shape index (κ3) is 1.32. The molecule has 0 aromatic carbocycles. The molecule has 0 radical (unpaired) electrons. The maximum Gasteiger partial charge on any atom is 0.220 e. The van der Waals surface area contributed by atoms with E-state index in [1.165, 1.54) is 6.92 Å². The van der Waals surface area contributed by atoms with Crippen molar-refractivity contribution >= 4 is 30.4 Å². The lowest BCUT2D eigenvalue weighted by Gasteiger charge is -1.96. The first-order chi connectivity index (χ1) is 4.33. The van der Waals surface area contributed by atoms with Gasteiger partial charge >= 0.3 is 0 Å². The minimum absolute atomic E-state index is 0.111. The molecule has 0 aromatic heterocycles. The molecular formula is C3H6O5S2. The number of hydrogen-bond acceptors (Lipinski definition) is 3. The molecular weight excluding hydrogens is 180 g/mol. The molecule has 1 aliphatic heterocycles. The monoisotopic (exact) mass is 186 g/mol. The Balaban J connectivity index is 3.34. The average Bonchev–Trinajstić information content (AvgIpc) is 1.73. The smallest absolute Gasteiger partial charge is 0.220 e. The molecule has 1 rings (SSSR count). The van der Waals surface area contributed by atoms with Crippen molar-refractivity contribution in [3.05, 3.63) is 0 Å². The molecule has 2 atom stereocenters. The van der Waals surface area contributed by atoms with Gasteiger partial charge in [0, 0.05) is 0 Å². The van der Waals surface area contributed by atoms with Crippen LogP contribution in [0.4, 0.5) is 0 Å². The van der Waals surface area contributed by atoms with Crippen molar-refractivity contribution < 1.29 is 21.2 Å². The van der Waals surface area contributed by atoms with E-state index in [1.54, 1.807) is 0 Å². The largest absolute Gasteiger partial charge is 0.293 e. The molecule has 1 heterocycles. The van der Waals surface area contributed by atoms with Crippen molar-refractivity contribution in [2.24, 2.45) is 0 Å². The molecule has 10 heavy (non-hydrogen) atoms. The zero-order chi connectivity index (χ0) is 7.99. The van der Waals surface area contributed by atoms with Gasteiger partial charge in [0.1, 0.15) is 0 Å². The van der Waals surface area contributed by atoms with Crippen molar-refractivity contribution in [2.75, 3.05) is 0 Å². The number of rotatable bonds is 0. The molecule has 2 N–H and O–H groups in total. The fourth-order valence-electron chi connectivity index (χ4n) is 0.476. The Bertz CT molecular complexity index is 376. The standard InChI is InChI=1S/C3H6O5S2/c1-3-2-9(4,5)8-10(3,6)7/h2H,1H3,(H,4,5)(H,6,7). The van der Waals surface area contributed by atoms with Crippen LogP contribution in [0.1, 0.15) is 6.92 Å². The van der Waals surface area contributed by atoms with Gasteiger partial charge < -0.3 is 0 Å². The lowest BCUT2D eigenvalue weighted by molar-refractivity contribution is 0.421. The summed E-state index contributed by atoms with van der Waals surface area (Å²) < 4.78 is 42.4. The molecule has 60 valence electrons. The highest BCUT2D eigenvalue weighted by Gasteiger charge is 2.22. The topological polar surface area (TPSA) is 83.8 Å². The Labute approximate surface area is 59.1 Å². The fraction of sp³-hybridized carbons (Fsp3) is 0.333. The SMILES string of the molecule is CC1=S(=O)(O)OS(=O)(O)=C1. The van der Waals surface area contributed by atoms with Gasteiger partial charge in [-0.2, -0.15) is 3.63 Å². The Hall–Kier alpha value is -0.0800. The van der Waals surface area contributed by atoms with Gasteiger partial charge in [-0.05, 0) is 6.92 Å². The van der Waals surface area contributed by atoms with Crippen LogP contribution >= 0.6 is 0 Å². The second kappa shape index (κ2) is 1.95. The van der Waals surface area contributed by atoms with Crippen LogP contribution in [0.15, 0.2) is 0 Å². The maximum atomic E-state index is 10.7. The van der Waals surface area contributed by atoms with Crippen LogP contribution in [0.25, 0.3) is 0 Å². The van der Waals surface area contributed by atoms with Crippen LogP contribution in [0.5, 0.6) is 0 Å². The Morgan fingerprint density at radius 1 is 1.50 bits per heavy atom. The van der Waals surface area contributed by atoms with Gasteiger partial charge in [-0.3, -0.25) is 9.11 Å². The van der Waals surface area contributed by atoms with E-state index in [0.717, 1.165) is 5.37 Å². The molecule has 5 nitrogen and oxygen atoms in total. The van der Waals surface area contributed by atoms with Crippen molar-refractivity contribution in [1.29, 1.82) is 0 Å². The van der Waals surface area contributed by atoms with Crippen LogP contribution in [0.2, 0.25) is 0 Å². The van der Waals surface area contributed by atoms with E-state index in [4.69, 9.17) is 9.11 Å². The van der Waals surface area contributed by atoms with Crippen LogP contribution < -0.4 is 0 Å².